The first-order valence-corrected chi connectivity index (χ1v) is 9.21. The molecule has 0 aliphatic carbocycles. The van der Waals surface area contributed by atoms with Crippen molar-refractivity contribution < 1.29 is 9.21 Å². The van der Waals surface area contributed by atoms with E-state index in [4.69, 9.17) is 9.41 Å². The molecule has 0 spiro atoms. The number of hydrazone groups is 1. The Balaban J connectivity index is 1.89. The lowest BCUT2D eigenvalue weighted by Gasteiger charge is -2.32. The molecule has 1 atom stereocenters. The SMILES string of the molecule is CCCSC1=NN2C(=c3ccccc3=N[C@@H]2c2ccc(C)o2)C(=O)N1. The van der Waals surface area contributed by atoms with E-state index in [9.17, 15) is 4.79 Å². The molecule has 1 N–H and O–H groups in total. The molecule has 4 rings (SSSR count). The molecule has 1 amide bonds. The summed E-state index contributed by atoms with van der Waals surface area (Å²) in [4.78, 5) is 17.6. The quantitative estimate of drug-likeness (QED) is 0.914. The minimum Gasteiger partial charge on any atom is -0.462 e. The predicted octanol–water partition coefficient (Wildman–Crippen LogP) is 1.87. The fourth-order valence-corrected chi connectivity index (χ4v) is 3.58. The average molecular weight is 354 g/mol. The fourth-order valence-electron chi connectivity index (χ4n) is 2.87. The Morgan fingerprint density at radius 2 is 2.12 bits per heavy atom. The number of rotatable bonds is 3. The summed E-state index contributed by atoms with van der Waals surface area (Å²) in [6, 6.07) is 11.4. The number of carbonyl (C=O) groups is 1. The molecule has 0 fully saturated rings. The van der Waals surface area contributed by atoms with E-state index in [1.807, 2.05) is 43.3 Å². The summed E-state index contributed by atoms with van der Waals surface area (Å²) in [7, 11) is 0. The Labute approximate surface area is 149 Å². The van der Waals surface area contributed by atoms with E-state index in [0.29, 0.717) is 16.6 Å². The van der Waals surface area contributed by atoms with Crippen LogP contribution in [0.1, 0.15) is 31.0 Å². The minimum atomic E-state index is -0.484. The number of hydrogen-bond donors (Lipinski definition) is 1. The van der Waals surface area contributed by atoms with Crippen LogP contribution in [0.15, 0.2) is 50.9 Å². The lowest BCUT2D eigenvalue weighted by molar-refractivity contribution is -0.116. The Morgan fingerprint density at radius 1 is 1.28 bits per heavy atom. The standard InChI is InChI=1S/C18H18N4O2S/c1-3-10-25-18-20-17(23)15-12-6-4-5-7-13(12)19-16(22(15)21-18)14-9-8-11(2)24-14/h4-9,16H,3,10H2,1-2H3,(H,20,21,23)/t16-/m0/s1. The average Bonchev–Trinajstić information content (AvgIpc) is 3.05. The number of carbonyl (C=O) groups excluding carboxylic acids is 1. The second-order valence-corrected chi connectivity index (χ2v) is 6.95. The van der Waals surface area contributed by atoms with E-state index in [1.165, 1.54) is 11.8 Å². The van der Waals surface area contributed by atoms with E-state index in [-0.39, 0.29) is 5.91 Å². The van der Waals surface area contributed by atoms with Gasteiger partial charge in [0, 0.05) is 11.0 Å². The van der Waals surface area contributed by atoms with Gasteiger partial charge in [-0.05, 0) is 31.5 Å². The van der Waals surface area contributed by atoms with Gasteiger partial charge in [-0.3, -0.25) is 10.1 Å². The number of para-hydroxylation sites is 1. The zero-order chi connectivity index (χ0) is 17.4. The summed E-state index contributed by atoms with van der Waals surface area (Å²) >= 11 is 1.53. The van der Waals surface area contributed by atoms with Crippen molar-refractivity contribution in [1.29, 1.82) is 0 Å². The molecule has 1 aromatic heterocycles. The van der Waals surface area contributed by atoms with Gasteiger partial charge in [-0.2, -0.15) is 0 Å². The van der Waals surface area contributed by atoms with Gasteiger partial charge in [-0.25, -0.2) is 10.0 Å². The number of nitrogens with one attached hydrogen (secondary N) is 1. The molecule has 0 radical (unpaired) electrons. The van der Waals surface area contributed by atoms with Crippen LogP contribution < -0.4 is 15.9 Å². The van der Waals surface area contributed by atoms with Gasteiger partial charge in [0.1, 0.15) is 11.5 Å². The molecule has 2 aromatic rings. The highest BCUT2D eigenvalue weighted by molar-refractivity contribution is 8.13. The van der Waals surface area contributed by atoms with Crippen LogP contribution in [0.2, 0.25) is 0 Å². The number of thioether (sulfide) groups is 1. The van der Waals surface area contributed by atoms with Crippen molar-refractivity contribution >= 4 is 28.5 Å². The lowest BCUT2D eigenvalue weighted by Crippen LogP contribution is -2.50. The maximum absolute atomic E-state index is 12.8. The Bertz CT molecular complexity index is 979. The van der Waals surface area contributed by atoms with Crippen LogP contribution in [0.4, 0.5) is 0 Å². The summed E-state index contributed by atoms with van der Waals surface area (Å²) in [5, 5.41) is 11.4. The van der Waals surface area contributed by atoms with Gasteiger partial charge < -0.3 is 4.42 Å². The number of benzene rings is 1. The molecular weight excluding hydrogens is 336 g/mol. The monoisotopic (exact) mass is 354 g/mol. The smallest absolute Gasteiger partial charge is 0.276 e. The van der Waals surface area contributed by atoms with Crippen LogP contribution in [0.3, 0.4) is 0 Å². The van der Waals surface area contributed by atoms with Crippen LogP contribution in [-0.2, 0) is 4.79 Å². The van der Waals surface area contributed by atoms with E-state index in [2.05, 4.69) is 17.3 Å². The highest BCUT2D eigenvalue weighted by Gasteiger charge is 2.35. The number of nitrogens with zero attached hydrogens (tertiary/aromatic N) is 3. The van der Waals surface area contributed by atoms with Gasteiger partial charge in [0.05, 0.1) is 5.36 Å². The van der Waals surface area contributed by atoms with E-state index >= 15 is 0 Å². The Kier molecular flexibility index (Phi) is 4.09. The maximum atomic E-state index is 12.8. The second-order valence-electron chi connectivity index (χ2n) is 5.87. The molecule has 6 nitrogen and oxygen atoms in total. The molecule has 0 saturated carbocycles. The third-order valence-electron chi connectivity index (χ3n) is 3.97. The van der Waals surface area contributed by atoms with E-state index < -0.39 is 6.17 Å². The third-order valence-corrected chi connectivity index (χ3v) is 5.04. The summed E-state index contributed by atoms with van der Waals surface area (Å²) in [5.74, 6) is 2.20. The lowest BCUT2D eigenvalue weighted by atomic mass is 10.1. The number of hydrogen-bond acceptors (Lipinski definition) is 6. The van der Waals surface area contributed by atoms with Crippen molar-refractivity contribution in [1.82, 2.24) is 10.3 Å². The molecule has 3 heterocycles. The molecule has 2 aliphatic heterocycles. The summed E-state index contributed by atoms with van der Waals surface area (Å²) < 4.78 is 5.78. The second kappa shape index (κ2) is 6.40. The van der Waals surface area contributed by atoms with Gasteiger partial charge in [-0.15, -0.1) is 5.10 Å². The van der Waals surface area contributed by atoms with E-state index in [1.54, 1.807) is 5.01 Å². The molecule has 0 unspecified atom stereocenters. The van der Waals surface area contributed by atoms with Crippen molar-refractivity contribution in [3.63, 3.8) is 0 Å². The van der Waals surface area contributed by atoms with Crippen molar-refractivity contribution in [2.75, 3.05) is 5.75 Å². The molecule has 1 aromatic carbocycles. The fraction of sp³-hybridized carbons (Fsp3) is 0.278. The molecule has 0 bridgehead atoms. The number of aryl methyl sites for hydroxylation is 1. The molecule has 2 aliphatic rings. The summed E-state index contributed by atoms with van der Waals surface area (Å²) in [5.41, 5.74) is 0.505. The maximum Gasteiger partial charge on any atom is 0.276 e. The zero-order valence-electron chi connectivity index (χ0n) is 14.0. The number of fused-ring (bicyclic) bond motifs is 2. The predicted molar refractivity (Wildman–Crippen MR) is 97.0 cm³/mol. The van der Waals surface area contributed by atoms with Crippen molar-refractivity contribution in [3.05, 3.63) is 58.5 Å². The number of amidine groups is 1. The van der Waals surface area contributed by atoms with Gasteiger partial charge >= 0.3 is 0 Å². The highest BCUT2D eigenvalue weighted by Crippen LogP contribution is 2.31. The molecule has 7 heteroatoms. The first-order chi connectivity index (χ1) is 12.2. The summed E-state index contributed by atoms with van der Waals surface area (Å²) in [6.07, 6.45) is 0.520. The van der Waals surface area contributed by atoms with Gasteiger partial charge in [0.15, 0.2) is 10.9 Å². The Morgan fingerprint density at radius 3 is 2.88 bits per heavy atom. The van der Waals surface area contributed by atoms with Crippen LogP contribution in [-0.4, -0.2) is 21.8 Å². The van der Waals surface area contributed by atoms with Crippen LogP contribution in [0.25, 0.3) is 5.70 Å². The zero-order valence-corrected chi connectivity index (χ0v) is 14.8. The normalized spacial score (nSPS) is 18.9. The van der Waals surface area contributed by atoms with Crippen LogP contribution in [0, 0.1) is 6.92 Å². The van der Waals surface area contributed by atoms with Gasteiger partial charge in [0.25, 0.3) is 5.91 Å². The van der Waals surface area contributed by atoms with Crippen LogP contribution in [0.5, 0.6) is 0 Å². The van der Waals surface area contributed by atoms with E-state index in [0.717, 1.165) is 28.5 Å². The number of furan rings is 1. The van der Waals surface area contributed by atoms with Crippen molar-refractivity contribution in [3.8, 4) is 0 Å². The molecular formula is C18H18N4O2S. The minimum absolute atomic E-state index is 0.163. The topological polar surface area (TPSA) is 70.2 Å². The molecule has 0 saturated heterocycles. The third kappa shape index (κ3) is 2.84. The van der Waals surface area contributed by atoms with Crippen molar-refractivity contribution in [2.45, 2.75) is 26.4 Å². The molecule has 128 valence electrons. The first kappa shape index (κ1) is 16.0. The molecule has 25 heavy (non-hydrogen) atoms. The number of amides is 1. The van der Waals surface area contributed by atoms with Gasteiger partial charge in [-0.1, -0.05) is 36.9 Å². The van der Waals surface area contributed by atoms with Crippen LogP contribution >= 0.6 is 11.8 Å². The highest BCUT2D eigenvalue weighted by atomic mass is 32.2. The van der Waals surface area contributed by atoms with Crippen molar-refractivity contribution in [2.24, 2.45) is 10.1 Å². The first-order valence-electron chi connectivity index (χ1n) is 8.23. The largest absolute Gasteiger partial charge is 0.462 e. The Hall–Kier alpha value is -2.54. The summed E-state index contributed by atoms with van der Waals surface area (Å²) in [6.45, 7) is 3.98. The van der Waals surface area contributed by atoms with Gasteiger partial charge in [0.2, 0.25) is 6.17 Å².